The van der Waals surface area contributed by atoms with Gasteiger partial charge in [-0.3, -0.25) is 0 Å². The lowest BCUT2D eigenvalue weighted by Gasteiger charge is -2.16. The molecule has 0 fully saturated rings. The van der Waals surface area contributed by atoms with Crippen LogP contribution in [0, 0.1) is 0 Å². The lowest BCUT2D eigenvalue weighted by molar-refractivity contribution is 0.403. The molecule has 0 aliphatic carbocycles. The van der Waals surface area contributed by atoms with Crippen LogP contribution >= 0.6 is 0 Å². The lowest BCUT2D eigenvalue weighted by Crippen LogP contribution is -2.26. The Morgan fingerprint density at radius 2 is 1.17 bits per heavy atom. The van der Waals surface area contributed by atoms with Crippen molar-refractivity contribution < 1.29 is 15.3 Å². The van der Waals surface area contributed by atoms with Crippen LogP contribution in [-0.2, 0) is 0 Å². The standard InChI is InChI=1S/C18H13B2NO3/c19-14-15(20)18(24)17(23)13(16(14)22)10-6-8-12(9-7-10)21-11-4-2-1-3-5-11/h1-9,21-24H. The predicted octanol–water partition coefficient (Wildman–Crippen LogP) is 1.80. The molecular formula is C18H13B2NO3. The number of benzene rings is 3. The van der Waals surface area contributed by atoms with Gasteiger partial charge in [0.2, 0.25) is 0 Å². The van der Waals surface area contributed by atoms with E-state index < -0.39 is 11.5 Å². The van der Waals surface area contributed by atoms with Crippen LogP contribution in [0.5, 0.6) is 17.2 Å². The minimum absolute atomic E-state index is 0.0328. The second-order valence-corrected chi connectivity index (χ2v) is 5.32. The van der Waals surface area contributed by atoms with Gasteiger partial charge >= 0.3 is 0 Å². The molecule has 4 radical (unpaired) electrons. The highest BCUT2D eigenvalue weighted by Gasteiger charge is 2.19. The number of nitrogens with one attached hydrogen (secondary N) is 1. The number of phenolic OH excluding ortho intramolecular Hbond substituents is 3. The van der Waals surface area contributed by atoms with E-state index in [4.69, 9.17) is 15.7 Å². The fraction of sp³-hybridized carbons (Fsp3) is 0. The molecule has 4 N–H and O–H groups in total. The molecule has 0 amide bonds. The number of hydrogen-bond acceptors (Lipinski definition) is 4. The number of aromatic hydroxyl groups is 3. The van der Waals surface area contributed by atoms with E-state index in [1.165, 1.54) is 0 Å². The van der Waals surface area contributed by atoms with E-state index in [-0.39, 0.29) is 22.2 Å². The molecule has 24 heavy (non-hydrogen) atoms. The van der Waals surface area contributed by atoms with E-state index in [0.717, 1.165) is 11.4 Å². The van der Waals surface area contributed by atoms with Gasteiger partial charge in [-0.25, -0.2) is 0 Å². The summed E-state index contributed by atoms with van der Waals surface area (Å²) in [6.45, 7) is 0. The summed E-state index contributed by atoms with van der Waals surface area (Å²) in [5, 5.41) is 33.3. The predicted molar refractivity (Wildman–Crippen MR) is 97.4 cm³/mol. The van der Waals surface area contributed by atoms with Gasteiger partial charge in [0.05, 0.1) is 5.56 Å². The maximum absolute atomic E-state index is 10.1. The number of anilines is 2. The third-order valence-electron chi connectivity index (χ3n) is 3.73. The van der Waals surface area contributed by atoms with Gasteiger partial charge in [-0.05, 0) is 29.8 Å². The van der Waals surface area contributed by atoms with Crippen molar-refractivity contribution in [3.63, 3.8) is 0 Å². The zero-order chi connectivity index (χ0) is 17.3. The van der Waals surface area contributed by atoms with E-state index in [1.54, 1.807) is 24.3 Å². The summed E-state index contributed by atoms with van der Waals surface area (Å²) in [5.74, 6) is -1.43. The van der Waals surface area contributed by atoms with Crippen LogP contribution in [0.1, 0.15) is 0 Å². The molecule has 0 aliphatic rings. The lowest BCUT2D eigenvalue weighted by atomic mass is 9.77. The molecule has 0 heterocycles. The zero-order valence-electron chi connectivity index (χ0n) is 12.7. The van der Waals surface area contributed by atoms with E-state index in [1.807, 2.05) is 30.3 Å². The first kappa shape index (κ1) is 15.9. The zero-order valence-corrected chi connectivity index (χ0v) is 12.7. The Kier molecular flexibility index (Phi) is 4.13. The minimum atomic E-state index is -0.549. The van der Waals surface area contributed by atoms with Gasteiger partial charge < -0.3 is 20.6 Å². The first-order chi connectivity index (χ1) is 11.5. The largest absolute Gasteiger partial charge is 0.508 e. The maximum atomic E-state index is 10.1. The van der Waals surface area contributed by atoms with Gasteiger partial charge in [0, 0.05) is 11.4 Å². The first-order valence-corrected chi connectivity index (χ1v) is 7.23. The van der Waals surface area contributed by atoms with Crippen molar-refractivity contribution in [3.05, 3.63) is 54.6 Å². The smallest absolute Gasteiger partial charge is 0.168 e. The number of phenols is 3. The molecule has 3 aromatic rings. The quantitative estimate of drug-likeness (QED) is 0.338. The average Bonchev–Trinajstić information content (AvgIpc) is 2.61. The van der Waals surface area contributed by atoms with Gasteiger partial charge in [-0.1, -0.05) is 41.3 Å². The normalized spacial score (nSPS) is 10.5. The summed E-state index contributed by atoms with van der Waals surface area (Å²) in [6.07, 6.45) is 0. The molecule has 114 valence electrons. The average molecular weight is 313 g/mol. The highest BCUT2D eigenvalue weighted by atomic mass is 16.3. The van der Waals surface area contributed by atoms with E-state index in [2.05, 4.69) is 5.32 Å². The molecule has 0 unspecified atom stereocenters. The van der Waals surface area contributed by atoms with Gasteiger partial charge in [0.1, 0.15) is 21.4 Å². The molecule has 0 spiro atoms. The van der Waals surface area contributed by atoms with E-state index >= 15 is 0 Å². The fourth-order valence-electron chi connectivity index (χ4n) is 2.43. The van der Waals surface area contributed by atoms with Crippen molar-refractivity contribution in [1.82, 2.24) is 0 Å². The Labute approximate surface area is 142 Å². The third-order valence-corrected chi connectivity index (χ3v) is 3.73. The van der Waals surface area contributed by atoms with Gasteiger partial charge in [-0.2, -0.15) is 0 Å². The fourth-order valence-corrected chi connectivity index (χ4v) is 2.43. The first-order valence-electron chi connectivity index (χ1n) is 7.23. The van der Waals surface area contributed by atoms with Gasteiger partial charge in [0.25, 0.3) is 0 Å². The molecule has 0 saturated carbocycles. The second kappa shape index (κ2) is 6.24. The van der Waals surface area contributed by atoms with E-state index in [9.17, 15) is 15.3 Å². The highest BCUT2D eigenvalue weighted by Crippen LogP contribution is 2.40. The molecule has 0 aliphatic heterocycles. The Morgan fingerprint density at radius 3 is 1.79 bits per heavy atom. The Morgan fingerprint density at radius 1 is 0.625 bits per heavy atom. The number of hydrogen-bond donors (Lipinski definition) is 4. The Balaban J connectivity index is 1.97. The minimum Gasteiger partial charge on any atom is -0.508 e. The van der Waals surface area contributed by atoms with Crippen molar-refractivity contribution in [2.45, 2.75) is 0 Å². The summed E-state index contributed by atoms with van der Waals surface area (Å²) in [5.41, 5.74) is 1.86. The summed E-state index contributed by atoms with van der Waals surface area (Å²) in [7, 11) is 11.2. The van der Waals surface area contributed by atoms with Crippen LogP contribution in [0.25, 0.3) is 11.1 Å². The summed E-state index contributed by atoms with van der Waals surface area (Å²) < 4.78 is 0. The van der Waals surface area contributed by atoms with Crippen molar-refractivity contribution in [3.8, 4) is 28.4 Å². The maximum Gasteiger partial charge on any atom is 0.168 e. The van der Waals surface area contributed by atoms with Crippen LogP contribution in [0.15, 0.2) is 54.6 Å². The summed E-state index contributed by atoms with van der Waals surface area (Å²) in [4.78, 5) is 0. The Hall–Kier alpha value is -3.01. The molecule has 3 rings (SSSR count). The topological polar surface area (TPSA) is 72.7 Å². The molecule has 4 nitrogen and oxygen atoms in total. The van der Waals surface area contributed by atoms with Crippen LogP contribution in [-0.4, -0.2) is 31.0 Å². The summed E-state index contributed by atoms with van der Waals surface area (Å²) in [6, 6.07) is 16.6. The van der Waals surface area contributed by atoms with Crippen molar-refractivity contribution >= 4 is 38.0 Å². The molecule has 0 atom stereocenters. The molecule has 3 aromatic carbocycles. The summed E-state index contributed by atoms with van der Waals surface area (Å²) >= 11 is 0. The molecule has 6 heteroatoms. The molecular weight excluding hydrogens is 300 g/mol. The van der Waals surface area contributed by atoms with Crippen LogP contribution < -0.4 is 16.2 Å². The van der Waals surface area contributed by atoms with Gasteiger partial charge in [-0.15, -0.1) is 0 Å². The third kappa shape index (κ3) is 2.78. The Bertz CT molecular complexity index is 852. The number of rotatable bonds is 3. The molecule has 0 aromatic heterocycles. The van der Waals surface area contributed by atoms with Gasteiger partial charge in [0.15, 0.2) is 11.5 Å². The van der Waals surface area contributed by atoms with Crippen LogP contribution in [0.2, 0.25) is 0 Å². The van der Waals surface area contributed by atoms with Crippen LogP contribution in [0.4, 0.5) is 11.4 Å². The van der Waals surface area contributed by atoms with Crippen molar-refractivity contribution in [2.24, 2.45) is 0 Å². The monoisotopic (exact) mass is 313 g/mol. The van der Waals surface area contributed by atoms with Crippen LogP contribution in [0.3, 0.4) is 0 Å². The second-order valence-electron chi connectivity index (χ2n) is 5.32. The number of para-hydroxylation sites is 1. The molecule has 0 saturated heterocycles. The molecule has 0 bridgehead atoms. The highest BCUT2D eigenvalue weighted by molar-refractivity contribution is 6.51. The van der Waals surface area contributed by atoms with E-state index in [0.29, 0.717) is 5.56 Å². The van der Waals surface area contributed by atoms with Crippen molar-refractivity contribution in [1.29, 1.82) is 0 Å². The SMILES string of the molecule is [B]c1c([B])c(O)c(-c2ccc(Nc3ccccc3)cc2)c(O)c1O. The van der Waals surface area contributed by atoms with Crippen molar-refractivity contribution in [2.75, 3.05) is 5.32 Å².